The number of pyridine rings is 1. The maximum Gasteiger partial charge on any atom is 0.411 e. The Morgan fingerprint density at radius 3 is 2.59 bits per heavy atom. The van der Waals surface area contributed by atoms with Crippen LogP contribution >= 0.6 is 22.6 Å². The molecular formula is C26H32IN3O7. The zero-order valence-corrected chi connectivity index (χ0v) is 23.7. The Kier molecular flexibility index (Phi) is 7.72. The number of carbonyl (C=O) groups excluding carboxylic acids is 3. The number of alkyl halides is 1. The van der Waals surface area contributed by atoms with E-state index in [0.717, 1.165) is 10.8 Å². The number of hydrogen-bond donors (Lipinski definition) is 1. The van der Waals surface area contributed by atoms with Gasteiger partial charge in [0.1, 0.15) is 23.5 Å². The van der Waals surface area contributed by atoms with Crippen molar-refractivity contribution in [2.45, 2.75) is 67.7 Å². The number of hydrogen-bond acceptors (Lipinski definition) is 8. The molecule has 11 heteroatoms. The van der Waals surface area contributed by atoms with E-state index in [1.54, 1.807) is 41.0 Å². The Labute approximate surface area is 229 Å². The molecule has 2 fully saturated rings. The third-order valence-corrected chi connectivity index (χ3v) is 7.77. The van der Waals surface area contributed by atoms with E-state index >= 15 is 0 Å². The van der Waals surface area contributed by atoms with Crippen molar-refractivity contribution < 1.29 is 33.3 Å². The topological polar surface area (TPSA) is 116 Å². The number of aromatic nitrogens is 1. The summed E-state index contributed by atoms with van der Waals surface area (Å²) in [7, 11) is 1.60. The van der Waals surface area contributed by atoms with Gasteiger partial charge in [0.2, 0.25) is 11.8 Å². The molecular weight excluding hydrogens is 593 g/mol. The number of nitrogens with one attached hydrogen (secondary N) is 1. The maximum absolute atomic E-state index is 13.5. The lowest BCUT2D eigenvalue weighted by Gasteiger charge is -2.28. The quantitative estimate of drug-likeness (QED) is 0.282. The molecule has 2 amide bonds. The predicted octanol–water partition coefficient (Wildman–Crippen LogP) is 3.63. The van der Waals surface area contributed by atoms with Gasteiger partial charge in [-0.1, -0.05) is 22.6 Å². The van der Waals surface area contributed by atoms with E-state index in [9.17, 15) is 14.4 Å². The van der Waals surface area contributed by atoms with Crippen LogP contribution in [0.4, 0.5) is 4.79 Å². The average molecular weight is 625 g/mol. The van der Waals surface area contributed by atoms with E-state index in [2.05, 4.69) is 32.9 Å². The van der Waals surface area contributed by atoms with Gasteiger partial charge in [-0.3, -0.25) is 9.69 Å². The fraction of sp³-hybridized carbons (Fsp3) is 0.538. The van der Waals surface area contributed by atoms with Crippen LogP contribution in [0.2, 0.25) is 0 Å². The van der Waals surface area contributed by atoms with Crippen molar-refractivity contribution in [3.8, 4) is 11.6 Å². The number of methoxy groups -OCH3 is 1. The zero-order valence-electron chi connectivity index (χ0n) is 21.6. The van der Waals surface area contributed by atoms with Gasteiger partial charge in [-0.25, -0.2) is 14.6 Å². The lowest BCUT2D eigenvalue weighted by Crippen LogP contribution is -2.54. The molecule has 1 aromatic heterocycles. The Bertz CT molecular complexity index is 1200. The lowest BCUT2D eigenvalue weighted by atomic mass is 10.1. The molecule has 37 heavy (non-hydrogen) atoms. The summed E-state index contributed by atoms with van der Waals surface area (Å²) in [6.45, 7) is 7.35. The summed E-state index contributed by atoms with van der Waals surface area (Å²) in [6.07, 6.45) is 1.18. The minimum Gasteiger partial charge on any atom is -0.497 e. The summed E-state index contributed by atoms with van der Waals surface area (Å²) < 4.78 is 22.2. The van der Waals surface area contributed by atoms with Gasteiger partial charge in [0.25, 0.3) is 0 Å². The number of nitrogens with zero attached hydrogens (tertiary/aromatic N) is 2. The van der Waals surface area contributed by atoms with Gasteiger partial charge in [-0.2, -0.15) is 0 Å². The van der Waals surface area contributed by atoms with Gasteiger partial charge < -0.3 is 24.3 Å². The molecule has 4 rings (SSSR count). The van der Waals surface area contributed by atoms with Crippen molar-refractivity contribution in [3.05, 3.63) is 30.5 Å². The Morgan fingerprint density at radius 1 is 1.24 bits per heavy atom. The second-order valence-corrected chi connectivity index (χ2v) is 11.7. The van der Waals surface area contributed by atoms with Crippen molar-refractivity contribution in [3.63, 3.8) is 0 Å². The number of rotatable bonds is 7. The first-order chi connectivity index (χ1) is 17.5. The first-order valence-corrected chi connectivity index (χ1v) is 13.4. The van der Waals surface area contributed by atoms with Crippen molar-refractivity contribution >= 4 is 51.3 Å². The molecule has 2 heterocycles. The van der Waals surface area contributed by atoms with Crippen molar-refractivity contribution in [2.24, 2.45) is 0 Å². The summed E-state index contributed by atoms with van der Waals surface area (Å²) in [5.41, 5.74) is -1.83. The van der Waals surface area contributed by atoms with Crippen LogP contribution in [0.1, 0.15) is 40.5 Å². The van der Waals surface area contributed by atoms with E-state index in [1.165, 1.54) is 4.90 Å². The highest BCUT2D eigenvalue weighted by atomic mass is 127. The largest absolute Gasteiger partial charge is 0.497 e. The highest BCUT2D eigenvalue weighted by Gasteiger charge is 2.62. The monoisotopic (exact) mass is 625 g/mol. The number of halogens is 1. The van der Waals surface area contributed by atoms with Crippen LogP contribution in [0.15, 0.2) is 30.5 Å². The molecule has 200 valence electrons. The van der Waals surface area contributed by atoms with Crippen LogP contribution in [0.5, 0.6) is 11.6 Å². The van der Waals surface area contributed by atoms with Gasteiger partial charge in [0.05, 0.1) is 20.3 Å². The van der Waals surface area contributed by atoms with Crippen LogP contribution < -0.4 is 14.8 Å². The number of carbonyl (C=O) groups is 3. The van der Waals surface area contributed by atoms with Crippen molar-refractivity contribution in [2.75, 3.05) is 20.3 Å². The fourth-order valence-corrected chi connectivity index (χ4v) is 5.44. The van der Waals surface area contributed by atoms with E-state index < -0.39 is 41.3 Å². The van der Waals surface area contributed by atoms with Crippen LogP contribution in [0.25, 0.3) is 10.8 Å². The molecule has 0 spiro atoms. The van der Waals surface area contributed by atoms with Crippen LogP contribution in [0, 0.1) is 0 Å². The lowest BCUT2D eigenvalue weighted by molar-refractivity contribution is -0.149. The average Bonchev–Trinajstić information content (AvgIpc) is 3.29. The molecule has 2 aliphatic rings. The molecule has 0 radical (unpaired) electrons. The number of amides is 2. The molecule has 4 atom stereocenters. The molecule has 2 aromatic rings. The minimum atomic E-state index is -1.08. The molecule has 1 aliphatic carbocycles. The molecule has 1 aliphatic heterocycles. The maximum atomic E-state index is 13.5. The van der Waals surface area contributed by atoms with Gasteiger partial charge in [0, 0.05) is 21.9 Å². The SMILES string of the molecule is CCOC(=O)[C@@]1(NC(=O)[C@@H]2C[C@@H](Oc3nccc4cc(OC)ccc34)CN2C(=O)OC(C)(C)C)C[C@H]1I. The molecule has 0 bridgehead atoms. The first-order valence-electron chi connectivity index (χ1n) is 12.2. The predicted molar refractivity (Wildman–Crippen MR) is 144 cm³/mol. The molecule has 1 N–H and O–H groups in total. The number of likely N-dealkylation sites (tertiary alicyclic amines) is 1. The Balaban J connectivity index is 1.56. The number of ether oxygens (including phenoxy) is 4. The second kappa shape index (κ2) is 10.5. The van der Waals surface area contributed by atoms with Gasteiger partial charge in [0.15, 0.2) is 5.54 Å². The number of benzene rings is 1. The molecule has 1 saturated carbocycles. The summed E-state index contributed by atoms with van der Waals surface area (Å²) in [5.74, 6) is 0.197. The van der Waals surface area contributed by atoms with E-state index in [1.807, 2.05) is 24.3 Å². The third-order valence-electron chi connectivity index (χ3n) is 6.27. The van der Waals surface area contributed by atoms with Crippen LogP contribution in [0.3, 0.4) is 0 Å². The molecule has 10 nitrogen and oxygen atoms in total. The molecule has 0 unspecified atom stereocenters. The summed E-state index contributed by atoms with van der Waals surface area (Å²) in [4.78, 5) is 44.9. The fourth-order valence-electron chi connectivity index (χ4n) is 4.34. The first kappa shape index (κ1) is 27.2. The summed E-state index contributed by atoms with van der Waals surface area (Å²) in [6, 6.07) is 6.53. The van der Waals surface area contributed by atoms with Crippen molar-refractivity contribution in [1.82, 2.24) is 15.2 Å². The Morgan fingerprint density at radius 2 is 1.97 bits per heavy atom. The van der Waals surface area contributed by atoms with E-state index in [-0.39, 0.29) is 23.5 Å². The summed E-state index contributed by atoms with van der Waals surface area (Å²) >= 11 is 2.13. The van der Waals surface area contributed by atoms with Crippen molar-refractivity contribution in [1.29, 1.82) is 0 Å². The van der Waals surface area contributed by atoms with Crippen LogP contribution in [-0.4, -0.2) is 75.3 Å². The molecule has 1 saturated heterocycles. The summed E-state index contributed by atoms with van der Waals surface area (Å²) in [5, 5.41) is 4.53. The number of fused-ring (bicyclic) bond motifs is 1. The zero-order chi connectivity index (χ0) is 27.0. The second-order valence-electron chi connectivity index (χ2n) is 10.2. The highest BCUT2D eigenvalue weighted by Crippen LogP contribution is 2.44. The van der Waals surface area contributed by atoms with Gasteiger partial charge in [-0.05, 0) is 63.8 Å². The van der Waals surface area contributed by atoms with Gasteiger partial charge in [-0.15, -0.1) is 0 Å². The smallest absolute Gasteiger partial charge is 0.411 e. The van der Waals surface area contributed by atoms with E-state index in [0.29, 0.717) is 18.1 Å². The normalized spacial score (nSPS) is 24.9. The molecule has 1 aromatic carbocycles. The van der Waals surface area contributed by atoms with Gasteiger partial charge >= 0.3 is 12.1 Å². The Hall–Kier alpha value is -2.83. The highest BCUT2D eigenvalue weighted by molar-refractivity contribution is 14.1. The standard InChI is InChI=1S/C26H32IN3O7/c1-6-35-23(32)26(13-20(26)27)29-21(31)19-12-17(14-30(19)24(33)37-25(2,3)4)36-22-18-8-7-16(34-5)11-15(18)9-10-28-22/h7-11,17,19-20H,6,12-14H2,1-5H3,(H,29,31)/t17-,19+,20-,26-/m1/s1. The van der Waals surface area contributed by atoms with E-state index in [4.69, 9.17) is 18.9 Å². The minimum absolute atomic E-state index is 0.0894. The number of esters is 1. The van der Waals surface area contributed by atoms with Crippen LogP contribution in [-0.2, 0) is 19.1 Å². The third kappa shape index (κ3) is 5.86.